The molecule has 1 amide bonds. The minimum atomic E-state index is 0.140. The number of thioether (sulfide) groups is 1. The van der Waals surface area contributed by atoms with Gasteiger partial charge in [0, 0.05) is 31.9 Å². The van der Waals surface area contributed by atoms with Crippen LogP contribution in [0.2, 0.25) is 0 Å². The minimum absolute atomic E-state index is 0.140. The molecule has 8 heteroatoms. The lowest BCUT2D eigenvalue weighted by Crippen LogP contribution is -2.49. The number of rotatable bonds is 6. The molecule has 1 aliphatic heterocycles. The molecule has 0 bridgehead atoms. The molecule has 0 saturated carbocycles. The second-order valence-corrected chi connectivity index (χ2v) is 7.76. The first-order valence-corrected chi connectivity index (χ1v) is 10.3. The second-order valence-electron chi connectivity index (χ2n) is 6.82. The van der Waals surface area contributed by atoms with E-state index in [-0.39, 0.29) is 5.91 Å². The molecule has 2 aromatic heterocycles. The molecular weight excluding hydrogens is 374 g/mol. The van der Waals surface area contributed by atoms with Gasteiger partial charge in [0.15, 0.2) is 5.16 Å². The Hall–Kier alpha value is -2.74. The summed E-state index contributed by atoms with van der Waals surface area (Å²) in [5.41, 5.74) is 2.48. The number of benzene rings is 1. The van der Waals surface area contributed by atoms with Crippen LogP contribution >= 0.6 is 11.8 Å². The molecule has 1 aromatic carbocycles. The Bertz CT molecular complexity index is 916. The third kappa shape index (κ3) is 4.39. The highest BCUT2D eigenvalue weighted by molar-refractivity contribution is 7.99. The molecule has 1 aliphatic rings. The molecule has 0 N–H and O–H groups in total. The number of anilines is 1. The number of hydrogen-bond donors (Lipinski definition) is 0. The lowest BCUT2D eigenvalue weighted by molar-refractivity contribution is -0.128. The van der Waals surface area contributed by atoms with E-state index >= 15 is 0 Å². The molecule has 28 heavy (non-hydrogen) atoms. The van der Waals surface area contributed by atoms with Crippen molar-refractivity contribution in [1.29, 1.82) is 0 Å². The zero-order chi connectivity index (χ0) is 19.3. The third-order valence-electron chi connectivity index (χ3n) is 4.81. The Morgan fingerprint density at radius 3 is 2.79 bits per heavy atom. The van der Waals surface area contributed by atoms with Crippen LogP contribution in [0.25, 0.3) is 0 Å². The highest BCUT2D eigenvalue weighted by Crippen LogP contribution is 2.20. The first-order chi connectivity index (χ1) is 13.7. The maximum absolute atomic E-state index is 12.6. The van der Waals surface area contributed by atoms with Crippen LogP contribution in [0.3, 0.4) is 0 Å². The molecule has 3 aromatic rings. The summed E-state index contributed by atoms with van der Waals surface area (Å²) in [7, 11) is 0. The largest absolute Gasteiger partial charge is 0.467 e. The quantitative estimate of drug-likeness (QED) is 0.596. The van der Waals surface area contributed by atoms with Gasteiger partial charge in [0.1, 0.15) is 12.1 Å². The lowest BCUT2D eigenvalue weighted by Gasteiger charge is -2.36. The van der Waals surface area contributed by atoms with Crippen LogP contribution in [0.15, 0.2) is 58.6 Å². The van der Waals surface area contributed by atoms with E-state index in [0.717, 1.165) is 37.1 Å². The lowest BCUT2D eigenvalue weighted by atomic mass is 10.2. The summed E-state index contributed by atoms with van der Waals surface area (Å²) in [6.45, 7) is 5.86. The van der Waals surface area contributed by atoms with E-state index in [9.17, 15) is 4.79 Å². The molecule has 3 heterocycles. The van der Waals surface area contributed by atoms with E-state index in [2.05, 4.69) is 46.3 Å². The summed E-state index contributed by atoms with van der Waals surface area (Å²) in [4.78, 5) is 16.9. The van der Waals surface area contributed by atoms with E-state index in [1.807, 2.05) is 21.6 Å². The number of carbonyl (C=O) groups is 1. The Labute approximate surface area is 168 Å². The van der Waals surface area contributed by atoms with Crippen LogP contribution in [0.5, 0.6) is 0 Å². The third-order valence-corrected chi connectivity index (χ3v) is 5.78. The Kier molecular flexibility index (Phi) is 5.66. The number of nitrogens with zero attached hydrogens (tertiary/aromatic N) is 5. The van der Waals surface area contributed by atoms with Gasteiger partial charge in [-0.1, -0.05) is 23.9 Å². The summed E-state index contributed by atoms with van der Waals surface area (Å²) < 4.78 is 7.27. The van der Waals surface area contributed by atoms with Crippen molar-refractivity contribution in [2.75, 3.05) is 36.8 Å². The molecule has 7 nitrogen and oxygen atoms in total. The first kappa shape index (κ1) is 18.6. The summed E-state index contributed by atoms with van der Waals surface area (Å²) in [5, 5.41) is 8.82. The van der Waals surface area contributed by atoms with E-state index in [4.69, 9.17) is 4.42 Å². The van der Waals surface area contributed by atoms with Gasteiger partial charge in [0.05, 0.1) is 18.6 Å². The van der Waals surface area contributed by atoms with Crippen LogP contribution < -0.4 is 4.90 Å². The fourth-order valence-corrected chi connectivity index (χ4v) is 4.11. The minimum Gasteiger partial charge on any atom is -0.467 e. The monoisotopic (exact) mass is 397 g/mol. The van der Waals surface area contributed by atoms with Crippen LogP contribution in [-0.4, -0.2) is 57.5 Å². The maximum atomic E-state index is 12.6. The van der Waals surface area contributed by atoms with Gasteiger partial charge in [-0.15, -0.1) is 10.2 Å². The molecule has 146 valence electrons. The number of piperazine rings is 1. The molecule has 0 unspecified atom stereocenters. The van der Waals surface area contributed by atoms with Gasteiger partial charge in [0.2, 0.25) is 5.91 Å². The zero-order valence-corrected chi connectivity index (χ0v) is 16.6. The average molecular weight is 398 g/mol. The number of carbonyl (C=O) groups excluding carboxylic acids is 1. The molecule has 1 saturated heterocycles. The summed E-state index contributed by atoms with van der Waals surface area (Å²) in [5.74, 6) is 1.34. The predicted octanol–water partition coefficient (Wildman–Crippen LogP) is 2.67. The summed E-state index contributed by atoms with van der Waals surface area (Å²) >= 11 is 1.42. The van der Waals surface area contributed by atoms with Crippen LogP contribution in [-0.2, 0) is 11.3 Å². The van der Waals surface area contributed by atoms with Crippen molar-refractivity contribution >= 4 is 23.4 Å². The Balaban J connectivity index is 1.28. The normalized spacial score (nSPS) is 14.5. The molecule has 4 rings (SSSR count). The topological polar surface area (TPSA) is 67.4 Å². The number of hydrogen-bond acceptors (Lipinski definition) is 6. The smallest absolute Gasteiger partial charge is 0.233 e. The molecule has 0 radical (unpaired) electrons. The van der Waals surface area contributed by atoms with Crippen molar-refractivity contribution < 1.29 is 9.21 Å². The molecule has 1 fully saturated rings. The predicted molar refractivity (Wildman–Crippen MR) is 109 cm³/mol. The van der Waals surface area contributed by atoms with Crippen LogP contribution in [0, 0.1) is 6.92 Å². The van der Waals surface area contributed by atoms with E-state index < -0.39 is 0 Å². The maximum Gasteiger partial charge on any atom is 0.233 e. The number of aryl methyl sites for hydroxylation is 1. The van der Waals surface area contributed by atoms with Gasteiger partial charge in [0.25, 0.3) is 0 Å². The van der Waals surface area contributed by atoms with Gasteiger partial charge < -0.3 is 18.8 Å². The van der Waals surface area contributed by atoms with Gasteiger partial charge in [-0.2, -0.15) is 0 Å². The zero-order valence-electron chi connectivity index (χ0n) is 15.8. The second kappa shape index (κ2) is 8.52. The fourth-order valence-electron chi connectivity index (χ4n) is 3.29. The average Bonchev–Trinajstić information content (AvgIpc) is 3.39. The highest BCUT2D eigenvalue weighted by Gasteiger charge is 2.22. The molecule has 0 atom stereocenters. The van der Waals surface area contributed by atoms with Gasteiger partial charge >= 0.3 is 0 Å². The molecule has 0 aliphatic carbocycles. The van der Waals surface area contributed by atoms with E-state index in [1.165, 1.54) is 23.0 Å². The fraction of sp³-hybridized carbons (Fsp3) is 0.350. The number of amides is 1. The van der Waals surface area contributed by atoms with Crippen molar-refractivity contribution in [3.63, 3.8) is 0 Å². The SMILES string of the molecule is Cc1cccc(N2CCN(C(=O)CSc3nncn3Cc3ccco3)CC2)c1. The van der Waals surface area contributed by atoms with Crippen molar-refractivity contribution in [3.05, 3.63) is 60.3 Å². The van der Waals surface area contributed by atoms with E-state index in [1.54, 1.807) is 12.6 Å². The van der Waals surface area contributed by atoms with Gasteiger partial charge in [-0.3, -0.25) is 4.79 Å². The van der Waals surface area contributed by atoms with Gasteiger partial charge in [-0.25, -0.2) is 0 Å². The van der Waals surface area contributed by atoms with Crippen molar-refractivity contribution in [2.24, 2.45) is 0 Å². The van der Waals surface area contributed by atoms with Crippen LogP contribution in [0.1, 0.15) is 11.3 Å². The molecular formula is C20H23N5O2S. The van der Waals surface area contributed by atoms with Crippen molar-refractivity contribution in [3.8, 4) is 0 Å². The van der Waals surface area contributed by atoms with E-state index in [0.29, 0.717) is 12.3 Å². The van der Waals surface area contributed by atoms with Crippen molar-refractivity contribution in [2.45, 2.75) is 18.6 Å². The summed E-state index contributed by atoms with van der Waals surface area (Å²) in [6, 6.07) is 12.3. The first-order valence-electron chi connectivity index (χ1n) is 9.31. The standard InChI is InChI=1S/C20H23N5O2S/c1-16-4-2-5-17(12-16)23-7-9-24(10-8-23)19(26)14-28-20-22-21-15-25(20)13-18-6-3-11-27-18/h2-6,11-12,15H,7-10,13-14H2,1H3. The summed E-state index contributed by atoms with van der Waals surface area (Å²) in [6.07, 6.45) is 3.31. The van der Waals surface area contributed by atoms with Gasteiger partial charge in [-0.05, 0) is 36.8 Å². The highest BCUT2D eigenvalue weighted by atomic mass is 32.2. The molecule has 0 spiro atoms. The van der Waals surface area contributed by atoms with Crippen LogP contribution in [0.4, 0.5) is 5.69 Å². The number of furan rings is 1. The van der Waals surface area contributed by atoms with Crippen molar-refractivity contribution in [1.82, 2.24) is 19.7 Å². The Morgan fingerprint density at radius 1 is 1.18 bits per heavy atom. The Morgan fingerprint density at radius 2 is 2.04 bits per heavy atom. The number of aromatic nitrogens is 3.